The minimum absolute atomic E-state index is 0.863. The molecule has 0 aliphatic carbocycles. The van der Waals surface area contributed by atoms with E-state index in [9.17, 15) is 0 Å². The van der Waals surface area contributed by atoms with Gasteiger partial charge in [0, 0.05) is 43.8 Å². The molecule has 1 aromatic carbocycles. The van der Waals surface area contributed by atoms with Gasteiger partial charge >= 0.3 is 0 Å². The van der Waals surface area contributed by atoms with Crippen LogP contribution in [0.25, 0.3) is 10.9 Å². The number of fused-ring (bicyclic) bond motifs is 1. The molecule has 0 aliphatic rings. The van der Waals surface area contributed by atoms with Crippen molar-refractivity contribution in [1.29, 1.82) is 0 Å². The molecule has 1 heterocycles. The molecule has 15 heavy (non-hydrogen) atoms. The standard InChI is InChI=1S/C12H15N3/c1-15(2)14-8-7-10-9-13-12-6-4-3-5-11(10)12/h3-6,8-9,13H,7H2,1-2H3/b14-8+. The van der Waals surface area contributed by atoms with E-state index in [0.29, 0.717) is 0 Å². The summed E-state index contributed by atoms with van der Waals surface area (Å²) in [7, 11) is 3.84. The fourth-order valence-corrected chi connectivity index (χ4v) is 1.60. The molecule has 0 fully saturated rings. The summed E-state index contributed by atoms with van der Waals surface area (Å²) < 4.78 is 0. The van der Waals surface area contributed by atoms with Crippen LogP contribution in [0.4, 0.5) is 0 Å². The first-order valence-corrected chi connectivity index (χ1v) is 5.02. The van der Waals surface area contributed by atoms with Crippen molar-refractivity contribution in [3.05, 3.63) is 36.0 Å². The Labute approximate surface area is 89.4 Å². The van der Waals surface area contributed by atoms with Gasteiger partial charge in [-0.3, -0.25) is 0 Å². The first kappa shape index (κ1) is 9.77. The molecular formula is C12H15N3. The van der Waals surface area contributed by atoms with Crippen LogP contribution in [0.1, 0.15) is 5.56 Å². The number of nitrogens with zero attached hydrogens (tertiary/aromatic N) is 2. The Morgan fingerprint density at radius 3 is 2.93 bits per heavy atom. The van der Waals surface area contributed by atoms with Crippen molar-refractivity contribution in [3.8, 4) is 0 Å². The van der Waals surface area contributed by atoms with E-state index >= 15 is 0 Å². The molecule has 3 heteroatoms. The lowest BCUT2D eigenvalue weighted by atomic mass is 10.1. The van der Waals surface area contributed by atoms with Gasteiger partial charge in [-0.05, 0) is 11.6 Å². The maximum Gasteiger partial charge on any atom is 0.0456 e. The molecule has 0 radical (unpaired) electrons. The number of hydrazone groups is 1. The van der Waals surface area contributed by atoms with E-state index in [0.717, 1.165) is 6.42 Å². The largest absolute Gasteiger partial charge is 0.361 e. The second kappa shape index (κ2) is 4.17. The molecule has 0 atom stereocenters. The zero-order valence-corrected chi connectivity index (χ0v) is 9.07. The molecule has 78 valence electrons. The van der Waals surface area contributed by atoms with Crippen molar-refractivity contribution in [2.45, 2.75) is 6.42 Å². The van der Waals surface area contributed by atoms with Crippen molar-refractivity contribution in [1.82, 2.24) is 9.99 Å². The molecule has 0 saturated heterocycles. The monoisotopic (exact) mass is 201 g/mol. The van der Waals surface area contributed by atoms with Crippen molar-refractivity contribution in [2.24, 2.45) is 5.10 Å². The number of benzene rings is 1. The minimum Gasteiger partial charge on any atom is -0.361 e. The lowest BCUT2D eigenvalue weighted by Crippen LogP contribution is -2.02. The maximum absolute atomic E-state index is 4.20. The number of rotatable bonds is 3. The summed E-state index contributed by atoms with van der Waals surface area (Å²) in [5, 5.41) is 7.28. The highest BCUT2D eigenvalue weighted by Gasteiger charge is 2.00. The van der Waals surface area contributed by atoms with Crippen LogP contribution in [0.5, 0.6) is 0 Å². The van der Waals surface area contributed by atoms with Crippen molar-refractivity contribution in [3.63, 3.8) is 0 Å². The number of aromatic amines is 1. The zero-order valence-electron chi connectivity index (χ0n) is 9.07. The fourth-order valence-electron chi connectivity index (χ4n) is 1.60. The van der Waals surface area contributed by atoms with Crippen LogP contribution in [-0.2, 0) is 6.42 Å². The van der Waals surface area contributed by atoms with Crippen LogP contribution in [0.3, 0.4) is 0 Å². The summed E-state index contributed by atoms with van der Waals surface area (Å²) in [5.74, 6) is 0. The molecular weight excluding hydrogens is 186 g/mol. The summed E-state index contributed by atoms with van der Waals surface area (Å²) in [5.41, 5.74) is 2.47. The highest BCUT2D eigenvalue weighted by Crippen LogP contribution is 2.17. The number of para-hydroxylation sites is 1. The zero-order chi connectivity index (χ0) is 10.7. The lowest BCUT2D eigenvalue weighted by molar-refractivity contribution is 0.439. The van der Waals surface area contributed by atoms with Crippen LogP contribution < -0.4 is 0 Å². The molecule has 3 nitrogen and oxygen atoms in total. The van der Waals surface area contributed by atoms with Crippen LogP contribution in [-0.4, -0.2) is 30.3 Å². The van der Waals surface area contributed by atoms with Crippen LogP contribution in [0.15, 0.2) is 35.6 Å². The lowest BCUT2D eigenvalue weighted by Gasteiger charge is -2.01. The highest BCUT2D eigenvalue weighted by atomic mass is 15.4. The van der Waals surface area contributed by atoms with E-state index in [-0.39, 0.29) is 0 Å². The average Bonchev–Trinajstić information content (AvgIpc) is 2.62. The summed E-state index contributed by atoms with van der Waals surface area (Å²) in [6.45, 7) is 0. The van der Waals surface area contributed by atoms with Gasteiger partial charge in [-0.15, -0.1) is 0 Å². The van der Waals surface area contributed by atoms with E-state index in [2.05, 4.69) is 28.3 Å². The Morgan fingerprint density at radius 1 is 1.33 bits per heavy atom. The van der Waals surface area contributed by atoms with E-state index in [4.69, 9.17) is 0 Å². The molecule has 0 aliphatic heterocycles. The molecule has 0 spiro atoms. The number of hydrogen-bond donors (Lipinski definition) is 1. The third-order valence-electron chi connectivity index (χ3n) is 2.30. The number of H-pyrrole nitrogens is 1. The predicted octanol–water partition coefficient (Wildman–Crippen LogP) is 2.26. The Hall–Kier alpha value is -1.77. The van der Waals surface area contributed by atoms with Crippen LogP contribution in [0.2, 0.25) is 0 Å². The Bertz CT molecular complexity index is 468. The smallest absolute Gasteiger partial charge is 0.0456 e. The van der Waals surface area contributed by atoms with Crippen LogP contribution >= 0.6 is 0 Å². The van der Waals surface area contributed by atoms with Crippen molar-refractivity contribution < 1.29 is 0 Å². The van der Waals surface area contributed by atoms with Gasteiger partial charge in [0.15, 0.2) is 0 Å². The van der Waals surface area contributed by atoms with E-state index in [1.165, 1.54) is 16.5 Å². The molecule has 1 N–H and O–H groups in total. The summed E-state index contributed by atoms with van der Waals surface area (Å²) >= 11 is 0. The molecule has 2 rings (SSSR count). The number of aromatic nitrogens is 1. The third-order valence-corrected chi connectivity index (χ3v) is 2.30. The molecule has 0 saturated carbocycles. The van der Waals surface area contributed by atoms with E-state index < -0.39 is 0 Å². The maximum atomic E-state index is 4.20. The molecule has 0 unspecified atom stereocenters. The SMILES string of the molecule is CN(C)/N=C/Cc1c[nH]c2ccccc12. The molecule has 0 bridgehead atoms. The average molecular weight is 201 g/mol. The summed E-state index contributed by atoms with van der Waals surface area (Å²) in [4.78, 5) is 3.25. The normalized spacial score (nSPS) is 11.3. The molecule has 1 aromatic heterocycles. The van der Waals surface area contributed by atoms with Crippen molar-refractivity contribution >= 4 is 17.1 Å². The molecule has 0 amide bonds. The number of nitrogens with one attached hydrogen (secondary N) is 1. The van der Waals surface area contributed by atoms with Gasteiger partial charge in [-0.2, -0.15) is 5.10 Å². The Kier molecular flexibility index (Phi) is 2.72. The fraction of sp³-hybridized carbons (Fsp3) is 0.250. The number of hydrogen-bond acceptors (Lipinski definition) is 2. The van der Waals surface area contributed by atoms with Crippen molar-refractivity contribution in [2.75, 3.05) is 14.1 Å². The first-order valence-electron chi connectivity index (χ1n) is 5.02. The van der Waals surface area contributed by atoms with E-state index in [1.807, 2.05) is 32.6 Å². The second-order valence-electron chi connectivity index (χ2n) is 3.71. The van der Waals surface area contributed by atoms with Gasteiger partial charge in [0.05, 0.1) is 0 Å². The first-order chi connectivity index (χ1) is 7.27. The van der Waals surface area contributed by atoms with Crippen LogP contribution in [0, 0.1) is 0 Å². The summed E-state index contributed by atoms with van der Waals surface area (Å²) in [6, 6.07) is 8.31. The molecule has 2 aromatic rings. The van der Waals surface area contributed by atoms with Gasteiger partial charge in [0.1, 0.15) is 0 Å². The topological polar surface area (TPSA) is 31.4 Å². The van der Waals surface area contributed by atoms with Gasteiger partial charge < -0.3 is 9.99 Å². The third kappa shape index (κ3) is 2.18. The Balaban J connectivity index is 2.21. The minimum atomic E-state index is 0.863. The summed E-state index contributed by atoms with van der Waals surface area (Å²) in [6.07, 6.45) is 4.84. The van der Waals surface area contributed by atoms with Gasteiger partial charge in [-0.25, -0.2) is 0 Å². The predicted molar refractivity (Wildman–Crippen MR) is 64.2 cm³/mol. The Morgan fingerprint density at radius 2 is 2.13 bits per heavy atom. The quantitative estimate of drug-likeness (QED) is 0.599. The van der Waals surface area contributed by atoms with Gasteiger partial charge in [0.2, 0.25) is 0 Å². The highest BCUT2D eigenvalue weighted by molar-refractivity contribution is 5.85. The van der Waals surface area contributed by atoms with Gasteiger partial charge in [-0.1, -0.05) is 18.2 Å². The van der Waals surface area contributed by atoms with Gasteiger partial charge in [0.25, 0.3) is 0 Å². The van der Waals surface area contributed by atoms with E-state index in [1.54, 1.807) is 5.01 Å². The second-order valence-corrected chi connectivity index (χ2v) is 3.71.